The predicted octanol–water partition coefficient (Wildman–Crippen LogP) is 2.26. The summed E-state index contributed by atoms with van der Waals surface area (Å²) in [7, 11) is 0. The fraction of sp³-hybridized carbons (Fsp3) is 0.909. The van der Waals surface area contributed by atoms with Gasteiger partial charge in [-0.05, 0) is 25.7 Å². The highest BCUT2D eigenvalue weighted by Gasteiger charge is 2.49. The summed E-state index contributed by atoms with van der Waals surface area (Å²) in [6.07, 6.45) is -2.43. The summed E-state index contributed by atoms with van der Waals surface area (Å²) in [5.74, 6) is -0.696. The molecule has 3 nitrogen and oxygen atoms in total. The van der Waals surface area contributed by atoms with E-state index in [1.54, 1.807) is 13.8 Å². The van der Waals surface area contributed by atoms with Gasteiger partial charge in [0, 0.05) is 0 Å². The number of ether oxygens (including phenoxy) is 1. The van der Waals surface area contributed by atoms with E-state index in [9.17, 15) is 18.0 Å². The highest BCUT2D eigenvalue weighted by Crippen LogP contribution is 2.37. The van der Waals surface area contributed by atoms with Gasteiger partial charge in [-0.15, -0.1) is 0 Å². The van der Waals surface area contributed by atoms with Crippen LogP contribution in [-0.2, 0) is 9.53 Å². The van der Waals surface area contributed by atoms with Gasteiger partial charge in [-0.3, -0.25) is 10.1 Å². The number of carbonyl (C=O) groups excluding carboxylic acids is 1. The zero-order valence-electron chi connectivity index (χ0n) is 10.1. The molecule has 1 N–H and O–H groups in total. The minimum atomic E-state index is -4.32. The molecule has 0 saturated heterocycles. The fourth-order valence-electron chi connectivity index (χ4n) is 2.34. The normalized spacial score (nSPS) is 29.4. The molecule has 0 heterocycles. The first-order chi connectivity index (χ1) is 7.82. The average molecular weight is 253 g/mol. The molecule has 0 amide bonds. The molecular weight excluding hydrogens is 235 g/mol. The summed E-state index contributed by atoms with van der Waals surface area (Å²) in [6, 6.07) is 0. The molecule has 2 unspecified atom stereocenters. The molecule has 100 valence electrons. The lowest BCUT2D eigenvalue weighted by Gasteiger charge is -2.32. The lowest BCUT2D eigenvalue weighted by molar-refractivity contribution is -0.157. The monoisotopic (exact) mass is 253 g/mol. The van der Waals surface area contributed by atoms with Gasteiger partial charge in [-0.25, -0.2) is 0 Å². The van der Waals surface area contributed by atoms with Gasteiger partial charge in [-0.1, -0.05) is 13.3 Å². The maximum atomic E-state index is 12.2. The summed E-state index contributed by atoms with van der Waals surface area (Å²) < 4.78 is 41.6. The standard InChI is InChI=1S/C11H18F3NO2/c1-3-17-9(16)10(6-4-5-8(10)2)15-7-11(12,13)14/h8,15H,3-7H2,1-2H3. The molecule has 1 fully saturated rings. The summed E-state index contributed by atoms with van der Waals surface area (Å²) in [6.45, 7) is 2.46. The van der Waals surface area contributed by atoms with E-state index in [0.717, 1.165) is 12.8 Å². The van der Waals surface area contributed by atoms with Gasteiger partial charge < -0.3 is 4.74 Å². The third-order valence-corrected chi connectivity index (χ3v) is 3.29. The molecular formula is C11H18F3NO2. The van der Waals surface area contributed by atoms with E-state index >= 15 is 0 Å². The van der Waals surface area contributed by atoms with Crippen molar-refractivity contribution in [2.24, 2.45) is 5.92 Å². The molecule has 1 aliphatic carbocycles. The average Bonchev–Trinajstić information content (AvgIpc) is 2.57. The lowest BCUT2D eigenvalue weighted by atomic mass is 9.88. The predicted molar refractivity (Wildman–Crippen MR) is 56.4 cm³/mol. The first kappa shape index (κ1) is 14.3. The Morgan fingerprint density at radius 1 is 1.53 bits per heavy atom. The number of hydrogen-bond donors (Lipinski definition) is 1. The van der Waals surface area contributed by atoms with Crippen molar-refractivity contribution in [2.45, 2.75) is 44.8 Å². The number of rotatable bonds is 4. The van der Waals surface area contributed by atoms with Crippen LogP contribution >= 0.6 is 0 Å². The molecule has 1 rings (SSSR count). The number of carbonyl (C=O) groups is 1. The third-order valence-electron chi connectivity index (χ3n) is 3.29. The van der Waals surface area contributed by atoms with Gasteiger partial charge in [0.2, 0.25) is 0 Å². The van der Waals surface area contributed by atoms with Crippen LogP contribution in [0.25, 0.3) is 0 Å². The Labute approximate surface area is 98.7 Å². The zero-order valence-corrected chi connectivity index (χ0v) is 10.1. The fourth-order valence-corrected chi connectivity index (χ4v) is 2.34. The van der Waals surface area contributed by atoms with Crippen LogP contribution in [0.1, 0.15) is 33.1 Å². The number of halogens is 3. The Hall–Kier alpha value is -0.780. The topological polar surface area (TPSA) is 38.3 Å². The van der Waals surface area contributed by atoms with Crippen molar-refractivity contribution in [3.63, 3.8) is 0 Å². The molecule has 1 saturated carbocycles. The smallest absolute Gasteiger partial charge is 0.401 e. The van der Waals surface area contributed by atoms with Crippen molar-refractivity contribution >= 4 is 5.97 Å². The van der Waals surface area contributed by atoms with E-state index in [1.165, 1.54) is 0 Å². The van der Waals surface area contributed by atoms with Gasteiger partial charge in [0.05, 0.1) is 13.2 Å². The second-order valence-electron chi connectivity index (χ2n) is 4.45. The van der Waals surface area contributed by atoms with Gasteiger partial charge in [0.1, 0.15) is 5.54 Å². The largest absolute Gasteiger partial charge is 0.465 e. The van der Waals surface area contributed by atoms with Crippen molar-refractivity contribution in [2.75, 3.05) is 13.2 Å². The molecule has 0 aromatic carbocycles. The van der Waals surface area contributed by atoms with Crippen molar-refractivity contribution in [1.82, 2.24) is 5.32 Å². The van der Waals surface area contributed by atoms with Crippen molar-refractivity contribution in [3.05, 3.63) is 0 Å². The first-order valence-electron chi connectivity index (χ1n) is 5.81. The van der Waals surface area contributed by atoms with Crippen LogP contribution in [0.15, 0.2) is 0 Å². The first-order valence-corrected chi connectivity index (χ1v) is 5.81. The number of esters is 1. The van der Waals surface area contributed by atoms with Gasteiger partial charge >= 0.3 is 12.1 Å². The van der Waals surface area contributed by atoms with E-state index in [1.807, 2.05) is 0 Å². The molecule has 17 heavy (non-hydrogen) atoms. The molecule has 0 aromatic heterocycles. The Morgan fingerprint density at radius 2 is 2.18 bits per heavy atom. The maximum Gasteiger partial charge on any atom is 0.401 e. The Morgan fingerprint density at radius 3 is 2.59 bits per heavy atom. The van der Waals surface area contributed by atoms with Crippen LogP contribution in [-0.4, -0.2) is 30.8 Å². The van der Waals surface area contributed by atoms with Crippen LogP contribution in [0, 0.1) is 5.92 Å². The number of nitrogens with one attached hydrogen (secondary N) is 1. The second kappa shape index (κ2) is 5.25. The molecule has 6 heteroatoms. The second-order valence-corrected chi connectivity index (χ2v) is 4.45. The highest BCUT2D eigenvalue weighted by atomic mass is 19.4. The van der Waals surface area contributed by atoms with E-state index in [4.69, 9.17) is 4.74 Å². The van der Waals surface area contributed by atoms with Crippen LogP contribution in [0.2, 0.25) is 0 Å². The van der Waals surface area contributed by atoms with E-state index in [-0.39, 0.29) is 12.5 Å². The zero-order chi connectivity index (χ0) is 13.1. The lowest BCUT2D eigenvalue weighted by Crippen LogP contribution is -2.57. The Bertz CT molecular complexity index is 280. The summed E-state index contributed by atoms with van der Waals surface area (Å²) in [4.78, 5) is 11.8. The maximum absolute atomic E-state index is 12.2. The Kier molecular flexibility index (Phi) is 4.41. The highest BCUT2D eigenvalue weighted by molar-refractivity contribution is 5.81. The van der Waals surface area contributed by atoms with Gasteiger partial charge in [0.25, 0.3) is 0 Å². The molecule has 0 radical (unpaired) electrons. The summed E-state index contributed by atoms with van der Waals surface area (Å²) in [5, 5.41) is 2.37. The molecule has 0 bridgehead atoms. The van der Waals surface area contributed by atoms with E-state index < -0.39 is 24.2 Å². The molecule has 1 aliphatic rings. The van der Waals surface area contributed by atoms with Crippen molar-refractivity contribution in [3.8, 4) is 0 Å². The van der Waals surface area contributed by atoms with E-state index in [2.05, 4.69) is 5.32 Å². The number of alkyl halides is 3. The molecule has 0 spiro atoms. The van der Waals surface area contributed by atoms with Crippen molar-refractivity contribution in [1.29, 1.82) is 0 Å². The molecule has 0 aromatic rings. The molecule has 2 atom stereocenters. The SMILES string of the molecule is CCOC(=O)C1(NCC(F)(F)F)CCCC1C. The number of hydrogen-bond acceptors (Lipinski definition) is 3. The quantitative estimate of drug-likeness (QED) is 0.781. The summed E-state index contributed by atoms with van der Waals surface area (Å²) in [5.41, 5.74) is -1.16. The van der Waals surface area contributed by atoms with Gasteiger partial charge in [0.15, 0.2) is 0 Å². The van der Waals surface area contributed by atoms with Gasteiger partial charge in [-0.2, -0.15) is 13.2 Å². The summed E-state index contributed by atoms with van der Waals surface area (Å²) >= 11 is 0. The minimum Gasteiger partial charge on any atom is -0.465 e. The minimum absolute atomic E-state index is 0.135. The van der Waals surface area contributed by atoms with Crippen molar-refractivity contribution < 1.29 is 22.7 Å². The van der Waals surface area contributed by atoms with E-state index in [0.29, 0.717) is 6.42 Å². The molecule has 0 aliphatic heterocycles. The Balaban J connectivity index is 2.76. The van der Waals surface area contributed by atoms with Crippen LogP contribution in [0.4, 0.5) is 13.2 Å². The van der Waals surface area contributed by atoms with Crippen LogP contribution < -0.4 is 5.32 Å². The van der Waals surface area contributed by atoms with Crippen LogP contribution in [0.3, 0.4) is 0 Å². The third kappa shape index (κ3) is 3.34. The van der Waals surface area contributed by atoms with Crippen LogP contribution in [0.5, 0.6) is 0 Å².